The summed E-state index contributed by atoms with van der Waals surface area (Å²) in [5.41, 5.74) is 4.39. The molecule has 1 fully saturated rings. The molecule has 6 rings (SSSR count). The first-order valence-corrected chi connectivity index (χ1v) is 16.9. The van der Waals surface area contributed by atoms with Gasteiger partial charge in [0.1, 0.15) is 5.71 Å². The van der Waals surface area contributed by atoms with E-state index in [1.54, 1.807) is 0 Å². The molecule has 1 aliphatic carbocycles. The lowest BCUT2D eigenvalue weighted by molar-refractivity contribution is -0.142. The van der Waals surface area contributed by atoms with Gasteiger partial charge in [0.2, 0.25) is 5.78 Å². The van der Waals surface area contributed by atoms with Crippen molar-refractivity contribution in [3.8, 4) is 0 Å². The Morgan fingerprint density at radius 2 is 1.48 bits per heavy atom. The summed E-state index contributed by atoms with van der Waals surface area (Å²) in [6.45, 7) is 4.97. The van der Waals surface area contributed by atoms with E-state index in [1.165, 1.54) is 6.42 Å². The molecule has 1 heterocycles. The van der Waals surface area contributed by atoms with E-state index in [0.717, 1.165) is 95.2 Å². The van der Waals surface area contributed by atoms with Crippen LogP contribution in [0.2, 0.25) is 0 Å². The smallest absolute Gasteiger partial charge is 0.339 e. The van der Waals surface area contributed by atoms with Crippen molar-refractivity contribution in [2.75, 3.05) is 0 Å². The molecule has 6 nitrogen and oxygen atoms in total. The molecule has 4 aromatic carbocycles. The molecule has 0 unspecified atom stereocenters. The zero-order valence-electron chi connectivity index (χ0n) is 26.9. The van der Waals surface area contributed by atoms with E-state index in [9.17, 15) is 14.4 Å². The first-order valence-electron chi connectivity index (χ1n) is 16.9. The van der Waals surface area contributed by atoms with Gasteiger partial charge >= 0.3 is 5.97 Å². The van der Waals surface area contributed by atoms with Gasteiger partial charge in [0, 0.05) is 45.4 Å². The van der Waals surface area contributed by atoms with Crippen molar-refractivity contribution >= 4 is 55.8 Å². The number of benzene rings is 4. The molecular formula is C40H42N2O4. The van der Waals surface area contributed by atoms with Crippen LogP contribution in [0.4, 0.5) is 0 Å². The number of fused-ring (bicyclic) bond motifs is 4. The van der Waals surface area contributed by atoms with Gasteiger partial charge in [-0.25, -0.2) is 4.79 Å². The molecule has 1 aromatic heterocycles. The van der Waals surface area contributed by atoms with Crippen LogP contribution in [-0.4, -0.2) is 27.8 Å². The summed E-state index contributed by atoms with van der Waals surface area (Å²) in [5, 5.41) is 8.12. The maximum absolute atomic E-state index is 13.9. The molecule has 0 saturated heterocycles. The predicted octanol–water partition coefficient (Wildman–Crippen LogP) is 9.64. The molecule has 0 spiro atoms. The van der Waals surface area contributed by atoms with Crippen molar-refractivity contribution < 1.29 is 19.2 Å². The van der Waals surface area contributed by atoms with Crippen LogP contribution >= 0.6 is 0 Å². The van der Waals surface area contributed by atoms with E-state index in [4.69, 9.17) is 4.84 Å². The molecule has 236 valence electrons. The summed E-state index contributed by atoms with van der Waals surface area (Å²) in [7, 11) is 0. The summed E-state index contributed by atoms with van der Waals surface area (Å²) in [6, 6.07) is 25.5. The lowest BCUT2D eigenvalue weighted by Crippen LogP contribution is -2.17. The fraction of sp³-hybridized carbons (Fsp3) is 0.350. The summed E-state index contributed by atoms with van der Waals surface area (Å²) in [6.07, 6.45) is 8.53. The van der Waals surface area contributed by atoms with Gasteiger partial charge in [-0.2, -0.15) is 0 Å². The third-order valence-corrected chi connectivity index (χ3v) is 9.46. The second-order valence-electron chi connectivity index (χ2n) is 12.5. The van der Waals surface area contributed by atoms with E-state index in [-0.39, 0.29) is 29.6 Å². The maximum Gasteiger partial charge on any atom is 0.339 e. The third-order valence-electron chi connectivity index (χ3n) is 9.46. The predicted molar refractivity (Wildman–Crippen MR) is 186 cm³/mol. The van der Waals surface area contributed by atoms with E-state index in [2.05, 4.69) is 23.6 Å². The second-order valence-corrected chi connectivity index (χ2v) is 12.5. The van der Waals surface area contributed by atoms with Crippen LogP contribution < -0.4 is 0 Å². The minimum Gasteiger partial charge on any atom is -0.341 e. The minimum atomic E-state index is -0.506. The van der Waals surface area contributed by atoms with Gasteiger partial charge < -0.3 is 9.40 Å². The molecule has 5 aromatic rings. The summed E-state index contributed by atoms with van der Waals surface area (Å²) in [5.74, 6) is -0.438. The Bertz CT molecular complexity index is 1940. The lowest BCUT2D eigenvalue weighted by Gasteiger charge is -2.20. The van der Waals surface area contributed by atoms with Gasteiger partial charge in [0.15, 0.2) is 5.78 Å². The highest BCUT2D eigenvalue weighted by Crippen LogP contribution is 2.33. The van der Waals surface area contributed by atoms with Crippen LogP contribution in [-0.2, 0) is 22.6 Å². The van der Waals surface area contributed by atoms with Crippen molar-refractivity contribution in [2.24, 2.45) is 11.1 Å². The topological polar surface area (TPSA) is 77.7 Å². The molecule has 6 heteroatoms. The molecule has 1 saturated carbocycles. The molecule has 0 N–H and O–H groups in total. The molecule has 0 aliphatic heterocycles. The number of carbonyl (C=O) groups excluding carboxylic acids is 3. The zero-order valence-corrected chi connectivity index (χ0v) is 26.9. The Morgan fingerprint density at radius 1 is 0.783 bits per heavy atom. The van der Waals surface area contributed by atoms with Gasteiger partial charge in [-0.1, -0.05) is 86.6 Å². The highest BCUT2D eigenvalue weighted by molar-refractivity contribution is 6.46. The maximum atomic E-state index is 13.9. The second kappa shape index (κ2) is 14.2. The summed E-state index contributed by atoms with van der Waals surface area (Å²) in [4.78, 5) is 45.7. The Labute approximate surface area is 270 Å². The number of unbranched alkanes of at least 4 members (excludes halogenated alkanes) is 2. The van der Waals surface area contributed by atoms with Crippen LogP contribution in [0.25, 0.3) is 32.6 Å². The normalized spacial score (nSPS) is 14.3. The number of nitrogens with zero attached hydrogens (tertiary/aromatic N) is 2. The summed E-state index contributed by atoms with van der Waals surface area (Å²) < 4.78 is 2.22. The van der Waals surface area contributed by atoms with E-state index >= 15 is 0 Å². The van der Waals surface area contributed by atoms with Crippen molar-refractivity contribution in [3.05, 3.63) is 95.6 Å². The Hall–Kier alpha value is -4.58. The van der Waals surface area contributed by atoms with Crippen molar-refractivity contribution in [2.45, 2.75) is 84.6 Å². The number of rotatable bonds is 12. The van der Waals surface area contributed by atoms with Gasteiger partial charge in [0.25, 0.3) is 0 Å². The Balaban J connectivity index is 1.30. The largest absolute Gasteiger partial charge is 0.341 e. The number of ketones is 2. The monoisotopic (exact) mass is 614 g/mol. The lowest BCUT2D eigenvalue weighted by atomic mass is 9.83. The van der Waals surface area contributed by atoms with E-state index in [0.29, 0.717) is 12.0 Å². The average molecular weight is 615 g/mol. The van der Waals surface area contributed by atoms with Crippen LogP contribution in [0.3, 0.4) is 0 Å². The number of aryl methyl sites for hydroxylation is 1. The fourth-order valence-electron chi connectivity index (χ4n) is 6.99. The van der Waals surface area contributed by atoms with Crippen LogP contribution in [0.15, 0.2) is 84.0 Å². The highest BCUT2D eigenvalue weighted by Gasteiger charge is 2.24. The fourth-order valence-corrected chi connectivity index (χ4v) is 6.99. The van der Waals surface area contributed by atoms with Crippen LogP contribution in [0, 0.1) is 5.92 Å². The van der Waals surface area contributed by atoms with Gasteiger partial charge in [-0.15, -0.1) is 0 Å². The van der Waals surface area contributed by atoms with Crippen molar-refractivity contribution in [1.29, 1.82) is 0 Å². The van der Waals surface area contributed by atoms with Crippen molar-refractivity contribution in [3.63, 3.8) is 0 Å². The molecule has 0 radical (unpaired) electrons. The Morgan fingerprint density at radius 3 is 2.22 bits per heavy atom. The molecule has 0 bridgehead atoms. The number of Topliss-reactive ketones (excluding diaryl/α,β-unsaturated/α-hetero) is 2. The average Bonchev–Trinajstić information content (AvgIpc) is 3.41. The highest BCUT2D eigenvalue weighted by atomic mass is 16.7. The molecule has 1 aliphatic rings. The van der Waals surface area contributed by atoms with Gasteiger partial charge in [-0.3, -0.25) is 9.59 Å². The SMILES string of the molecule is CCCCC/C(=N/OC(=O)Cc1cccc2ccccc12)C(=O)c1ccc2c(c1)c1cc(C(=O)C3CCCCC3)ccc1n2CC. The zero-order chi connectivity index (χ0) is 32.0. The first-order chi connectivity index (χ1) is 22.5. The van der Waals surface area contributed by atoms with Gasteiger partial charge in [0.05, 0.1) is 6.42 Å². The van der Waals surface area contributed by atoms with Crippen molar-refractivity contribution in [1.82, 2.24) is 4.57 Å². The molecule has 46 heavy (non-hydrogen) atoms. The number of hydrogen-bond acceptors (Lipinski definition) is 5. The minimum absolute atomic E-state index is 0.0612. The standard InChI is InChI=1S/C40H42N2O4/c1-3-5-7-19-35(41-46-38(43)26-29-17-12-16-27-13-10-11-18-32(27)29)40(45)31-21-23-37-34(25-31)33-24-30(20-22-36(33)42(37)4-2)39(44)28-14-8-6-9-15-28/h10-13,16-18,20-25,28H,3-9,14-15,19,26H2,1-2H3/b41-35-. The molecule has 0 amide bonds. The quantitative estimate of drug-likeness (QED) is 0.0461. The van der Waals surface area contributed by atoms with Crippen LogP contribution in [0.5, 0.6) is 0 Å². The number of oxime groups is 1. The molecule has 0 atom stereocenters. The first kappa shape index (κ1) is 31.4. The number of aromatic nitrogens is 1. The van der Waals surface area contributed by atoms with Gasteiger partial charge in [-0.05, 0) is 85.3 Å². The molecular weight excluding hydrogens is 572 g/mol. The number of hydrogen-bond donors (Lipinski definition) is 0. The van der Waals surface area contributed by atoms with E-state index in [1.807, 2.05) is 78.9 Å². The Kier molecular flexibility index (Phi) is 9.72. The van der Waals surface area contributed by atoms with Crippen LogP contribution in [0.1, 0.15) is 97.9 Å². The van der Waals surface area contributed by atoms with E-state index < -0.39 is 5.97 Å². The summed E-state index contributed by atoms with van der Waals surface area (Å²) >= 11 is 0. The third kappa shape index (κ3) is 6.53. The number of carbonyl (C=O) groups is 3.